The number of unbranched alkanes of at least 4 members (excludes halogenated alkanes) is 2. The van der Waals surface area contributed by atoms with Gasteiger partial charge in [-0.1, -0.05) is 0 Å². The van der Waals surface area contributed by atoms with Gasteiger partial charge in [0, 0.05) is 24.6 Å². The minimum absolute atomic E-state index is 0.260. The van der Waals surface area contributed by atoms with Gasteiger partial charge in [0.2, 0.25) is 0 Å². The minimum atomic E-state index is 0.260. The molecule has 2 aromatic rings. The molecule has 0 saturated heterocycles. The summed E-state index contributed by atoms with van der Waals surface area (Å²) in [6, 6.07) is 7.78. The summed E-state index contributed by atoms with van der Waals surface area (Å²) in [7, 11) is 3.24. The number of aliphatic hydroxyl groups is 1. The number of nitrogens with one attached hydrogen (secondary N) is 1. The maximum absolute atomic E-state index is 8.74. The fourth-order valence-corrected chi connectivity index (χ4v) is 2.18. The molecule has 2 rings (SSSR count). The quantitative estimate of drug-likeness (QED) is 0.732. The molecule has 5 nitrogen and oxygen atoms in total. The number of fused-ring (bicyclic) bond motifs is 1. The number of methoxy groups -OCH3 is 2. The van der Waals surface area contributed by atoms with Crippen molar-refractivity contribution in [3.05, 3.63) is 24.3 Å². The molecule has 1 heterocycles. The number of aliphatic hydroxyl groups excluding tert-OH is 1. The van der Waals surface area contributed by atoms with E-state index in [1.165, 1.54) is 0 Å². The second-order valence-corrected chi connectivity index (χ2v) is 4.81. The highest BCUT2D eigenvalue weighted by molar-refractivity contribution is 5.84. The Hall–Kier alpha value is -2.01. The first kappa shape index (κ1) is 15.4. The van der Waals surface area contributed by atoms with E-state index in [9.17, 15) is 0 Å². The van der Waals surface area contributed by atoms with Crippen LogP contribution in [0.25, 0.3) is 10.9 Å². The highest BCUT2D eigenvalue weighted by atomic mass is 16.5. The van der Waals surface area contributed by atoms with Gasteiger partial charge < -0.3 is 19.9 Å². The van der Waals surface area contributed by atoms with Crippen LogP contribution in [-0.2, 0) is 0 Å². The van der Waals surface area contributed by atoms with E-state index < -0.39 is 0 Å². The number of aromatic nitrogens is 1. The second-order valence-electron chi connectivity index (χ2n) is 4.81. The molecular formula is C16H22N2O3. The Morgan fingerprint density at radius 1 is 1.05 bits per heavy atom. The maximum atomic E-state index is 8.74. The number of benzene rings is 1. The summed E-state index contributed by atoms with van der Waals surface area (Å²) < 4.78 is 10.6. The summed E-state index contributed by atoms with van der Waals surface area (Å²) in [5.41, 5.74) is 0.869. The third-order valence-electron chi connectivity index (χ3n) is 3.34. The lowest BCUT2D eigenvalue weighted by molar-refractivity contribution is 0.283. The molecule has 0 unspecified atom stereocenters. The van der Waals surface area contributed by atoms with Gasteiger partial charge in [-0.3, -0.25) is 0 Å². The van der Waals surface area contributed by atoms with Crippen molar-refractivity contribution in [1.82, 2.24) is 4.98 Å². The van der Waals surface area contributed by atoms with Gasteiger partial charge in [0.25, 0.3) is 0 Å². The Morgan fingerprint density at radius 2 is 1.81 bits per heavy atom. The monoisotopic (exact) mass is 290 g/mol. The van der Waals surface area contributed by atoms with E-state index in [0.717, 1.165) is 42.5 Å². The molecule has 0 fully saturated rings. The number of hydrogen-bond donors (Lipinski definition) is 2. The van der Waals surface area contributed by atoms with Crippen LogP contribution in [0.4, 0.5) is 5.82 Å². The molecule has 0 atom stereocenters. The topological polar surface area (TPSA) is 63.6 Å². The first-order valence-electron chi connectivity index (χ1n) is 7.16. The first-order chi connectivity index (χ1) is 10.3. The molecule has 0 radical (unpaired) electrons. The lowest BCUT2D eigenvalue weighted by Gasteiger charge is -2.10. The van der Waals surface area contributed by atoms with Crippen molar-refractivity contribution in [3.63, 3.8) is 0 Å². The van der Waals surface area contributed by atoms with Crippen LogP contribution in [0.5, 0.6) is 11.5 Å². The molecule has 0 saturated carbocycles. The van der Waals surface area contributed by atoms with Crippen molar-refractivity contribution in [2.24, 2.45) is 0 Å². The molecule has 21 heavy (non-hydrogen) atoms. The van der Waals surface area contributed by atoms with Crippen LogP contribution in [0.15, 0.2) is 24.3 Å². The second kappa shape index (κ2) is 7.69. The molecule has 0 bridgehead atoms. The third kappa shape index (κ3) is 3.98. The SMILES string of the molecule is COc1cc2ccc(NCCCCCO)nc2cc1OC. The van der Waals surface area contributed by atoms with E-state index in [0.29, 0.717) is 11.5 Å². The van der Waals surface area contributed by atoms with Crippen molar-refractivity contribution < 1.29 is 14.6 Å². The molecule has 114 valence electrons. The molecule has 0 aliphatic heterocycles. The zero-order chi connectivity index (χ0) is 15.1. The van der Waals surface area contributed by atoms with Crippen molar-refractivity contribution in [2.75, 3.05) is 32.7 Å². The van der Waals surface area contributed by atoms with E-state index in [-0.39, 0.29) is 6.61 Å². The molecule has 0 amide bonds. The summed E-state index contributed by atoms with van der Waals surface area (Å²) in [5, 5.41) is 13.0. The molecule has 0 aliphatic rings. The largest absolute Gasteiger partial charge is 0.493 e. The van der Waals surface area contributed by atoms with Crippen LogP contribution in [0.2, 0.25) is 0 Å². The Kier molecular flexibility index (Phi) is 5.63. The number of rotatable bonds is 8. The third-order valence-corrected chi connectivity index (χ3v) is 3.34. The summed E-state index contributed by atoms with van der Waals surface area (Å²) in [4.78, 5) is 4.58. The zero-order valence-electron chi connectivity index (χ0n) is 12.6. The van der Waals surface area contributed by atoms with Crippen LogP contribution < -0.4 is 14.8 Å². The van der Waals surface area contributed by atoms with Crippen molar-refractivity contribution >= 4 is 16.7 Å². The molecule has 5 heteroatoms. The van der Waals surface area contributed by atoms with Gasteiger partial charge in [-0.15, -0.1) is 0 Å². The van der Waals surface area contributed by atoms with E-state index in [4.69, 9.17) is 14.6 Å². The Bertz CT molecular complexity index is 587. The first-order valence-corrected chi connectivity index (χ1v) is 7.16. The summed E-state index contributed by atoms with van der Waals surface area (Å²) in [6.45, 7) is 1.11. The fourth-order valence-electron chi connectivity index (χ4n) is 2.18. The molecular weight excluding hydrogens is 268 g/mol. The number of nitrogens with zero attached hydrogens (tertiary/aromatic N) is 1. The molecule has 0 spiro atoms. The van der Waals surface area contributed by atoms with Crippen LogP contribution in [-0.4, -0.2) is 37.5 Å². The normalized spacial score (nSPS) is 10.6. The lowest BCUT2D eigenvalue weighted by atomic mass is 10.2. The highest BCUT2D eigenvalue weighted by Gasteiger charge is 2.07. The van der Waals surface area contributed by atoms with Crippen molar-refractivity contribution in [2.45, 2.75) is 19.3 Å². The van der Waals surface area contributed by atoms with Gasteiger partial charge in [0.15, 0.2) is 11.5 Å². The van der Waals surface area contributed by atoms with Crippen LogP contribution >= 0.6 is 0 Å². The lowest BCUT2D eigenvalue weighted by Crippen LogP contribution is -2.03. The number of hydrogen-bond acceptors (Lipinski definition) is 5. The average Bonchev–Trinajstić information content (AvgIpc) is 2.53. The predicted octanol–water partition coefficient (Wildman–Crippen LogP) is 2.83. The Balaban J connectivity index is 2.09. The van der Waals surface area contributed by atoms with Crippen LogP contribution in [0, 0.1) is 0 Å². The molecule has 2 N–H and O–H groups in total. The van der Waals surface area contributed by atoms with Gasteiger partial charge in [0.1, 0.15) is 5.82 Å². The van der Waals surface area contributed by atoms with Crippen LogP contribution in [0.3, 0.4) is 0 Å². The molecule has 0 aliphatic carbocycles. The summed E-state index contributed by atoms with van der Waals surface area (Å²) in [5.74, 6) is 2.23. The van der Waals surface area contributed by atoms with Crippen molar-refractivity contribution in [3.8, 4) is 11.5 Å². The summed E-state index contributed by atoms with van der Waals surface area (Å²) >= 11 is 0. The number of pyridine rings is 1. The average molecular weight is 290 g/mol. The van der Waals surface area contributed by atoms with Gasteiger partial charge in [-0.05, 0) is 37.5 Å². The number of anilines is 1. The predicted molar refractivity (Wildman–Crippen MR) is 84.3 cm³/mol. The summed E-state index contributed by atoms with van der Waals surface area (Å²) in [6.07, 6.45) is 2.89. The molecule has 1 aromatic carbocycles. The van der Waals surface area contributed by atoms with E-state index in [1.807, 2.05) is 24.3 Å². The van der Waals surface area contributed by atoms with E-state index in [1.54, 1.807) is 14.2 Å². The van der Waals surface area contributed by atoms with Gasteiger partial charge in [-0.2, -0.15) is 0 Å². The Morgan fingerprint density at radius 3 is 2.52 bits per heavy atom. The van der Waals surface area contributed by atoms with E-state index in [2.05, 4.69) is 10.3 Å². The van der Waals surface area contributed by atoms with Gasteiger partial charge in [0.05, 0.1) is 19.7 Å². The smallest absolute Gasteiger partial charge is 0.162 e. The van der Waals surface area contributed by atoms with Crippen molar-refractivity contribution in [1.29, 1.82) is 0 Å². The molecule has 1 aromatic heterocycles. The maximum Gasteiger partial charge on any atom is 0.162 e. The number of ether oxygens (including phenoxy) is 2. The van der Waals surface area contributed by atoms with Gasteiger partial charge >= 0.3 is 0 Å². The highest BCUT2D eigenvalue weighted by Crippen LogP contribution is 2.31. The minimum Gasteiger partial charge on any atom is -0.493 e. The van der Waals surface area contributed by atoms with Gasteiger partial charge in [-0.25, -0.2) is 4.98 Å². The van der Waals surface area contributed by atoms with Crippen LogP contribution in [0.1, 0.15) is 19.3 Å². The Labute approximate surface area is 124 Å². The standard InChI is InChI=1S/C16H22N2O3/c1-20-14-10-12-6-7-16(17-8-4-3-5-9-19)18-13(12)11-15(14)21-2/h6-7,10-11,19H,3-5,8-9H2,1-2H3,(H,17,18). The van der Waals surface area contributed by atoms with E-state index >= 15 is 0 Å². The zero-order valence-corrected chi connectivity index (χ0v) is 12.6. The fraction of sp³-hybridized carbons (Fsp3) is 0.438.